The van der Waals surface area contributed by atoms with Gasteiger partial charge in [0.1, 0.15) is 17.4 Å². The molecular weight excluding hydrogens is 305 g/mol. The van der Waals surface area contributed by atoms with Gasteiger partial charge in [0.15, 0.2) is 0 Å². The SMILES string of the molecule is Cc1ccc(Cl)c(-n2c(CCl)nc3c(C#N)cccc32)c1. The molecule has 3 nitrogen and oxygen atoms in total. The van der Waals surface area contributed by atoms with Crippen LogP contribution in [0.15, 0.2) is 36.4 Å². The summed E-state index contributed by atoms with van der Waals surface area (Å²) in [6.07, 6.45) is 0. The first-order chi connectivity index (χ1) is 10.2. The molecule has 0 saturated carbocycles. The normalized spacial score (nSPS) is 10.8. The summed E-state index contributed by atoms with van der Waals surface area (Å²) >= 11 is 12.4. The van der Waals surface area contributed by atoms with Gasteiger partial charge in [-0.25, -0.2) is 4.98 Å². The maximum atomic E-state index is 9.22. The molecule has 0 radical (unpaired) electrons. The monoisotopic (exact) mass is 315 g/mol. The minimum absolute atomic E-state index is 0.240. The Morgan fingerprint density at radius 1 is 1.29 bits per heavy atom. The van der Waals surface area contributed by atoms with Crippen LogP contribution in [0.4, 0.5) is 0 Å². The van der Waals surface area contributed by atoms with E-state index in [9.17, 15) is 5.26 Å². The lowest BCUT2D eigenvalue weighted by Crippen LogP contribution is -2.00. The van der Waals surface area contributed by atoms with E-state index in [1.54, 1.807) is 6.07 Å². The molecule has 0 aliphatic heterocycles. The van der Waals surface area contributed by atoms with Crippen LogP contribution in [-0.4, -0.2) is 9.55 Å². The van der Waals surface area contributed by atoms with Crippen molar-refractivity contribution in [3.05, 3.63) is 58.4 Å². The summed E-state index contributed by atoms with van der Waals surface area (Å²) in [7, 11) is 0. The first-order valence-corrected chi connectivity index (χ1v) is 7.30. The zero-order valence-corrected chi connectivity index (χ0v) is 12.8. The lowest BCUT2D eigenvalue weighted by atomic mass is 10.2. The Labute approximate surface area is 132 Å². The summed E-state index contributed by atoms with van der Waals surface area (Å²) in [6.45, 7) is 2.00. The van der Waals surface area contributed by atoms with E-state index in [1.165, 1.54) is 0 Å². The van der Waals surface area contributed by atoms with Gasteiger partial charge < -0.3 is 0 Å². The fourth-order valence-corrected chi connectivity index (χ4v) is 2.77. The van der Waals surface area contributed by atoms with Crippen molar-refractivity contribution in [2.75, 3.05) is 0 Å². The standard InChI is InChI=1S/C16H11Cl2N3/c1-10-5-6-12(18)14(7-10)21-13-4-2-3-11(9-19)16(13)20-15(21)8-17/h2-7H,8H2,1H3. The summed E-state index contributed by atoms with van der Waals surface area (Å²) in [4.78, 5) is 4.50. The maximum absolute atomic E-state index is 9.22. The van der Waals surface area contributed by atoms with E-state index in [0.717, 1.165) is 16.8 Å². The molecule has 0 unspecified atom stereocenters. The molecule has 0 aliphatic rings. The van der Waals surface area contributed by atoms with E-state index in [-0.39, 0.29) is 5.88 Å². The highest BCUT2D eigenvalue weighted by molar-refractivity contribution is 6.32. The van der Waals surface area contributed by atoms with Crippen molar-refractivity contribution >= 4 is 34.2 Å². The number of fused-ring (bicyclic) bond motifs is 1. The van der Waals surface area contributed by atoms with Crippen molar-refractivity contribution in [2.45, 2.75) is 12.8 Å². The minimum Gasteiger partial charge on any atom is -0.294 e. The average Bonchev–Trinajstić information content (AvgIpc) is 2.88. The fraction of sp³-hybridized carbons (Fsp3) is 0.125. The molecule has 2 aromatic carbocycles. The van der Waals surface area contributed by atoms with E-state index >= 15 is 0 Å². The van der Waals surface area contributed by atoms with E-state index < -0.39 is 0 Å². The smallest absolute Gasteiger partial charge is 0.129 e. The second-order valence-electron chi connectivity index (χ2n) is 4.74. The van der Waals surface area contributed by atoms with Crippen molar-refractivity contribution in [1.29, 1.82) is 5.26 Å². The van der Waals surface area contributed by atoms with Crippen molar-refractivity contribution in [3.63, 3.8) is 0 Å². The Morgan fingerprint density at radius 2 is 2.10 bits per heavy atom. The third-order valence-electron chi connectivity index (χ3n) is 3.34. The molecule has 21 heavy (non-hydrogen) atoms. The van der Waals surface area contributed by atoms with Crippen LogP contribution in [-0.2, 0) is 5.88 Å². The molecule has 0 aliphatic carbocycles. The highest BCUT2D eigenvalue weighted by atomic mass is 35.5. The van der Waals surface area contributed by atoms with Crippen LogP contribution in [0.25, 0.3) is 16.7 Å². The predicted molar refractivity (Wildman–Crippen MR) is 85.1 cm³/mol. The number of imidazole rings is 1. The first-order valence-electron chi connectivity index (χ1n) is 6.38. The molecule has 0 atom stereocenters. The number of halogens is 2. The van der Waals surface area contributed by atoms with Gasteiger partial charge in [0, 0.05) is 0 Å². The molecule has 1 aromatic heterocycles. The van der Waals surface area contributed by atoms with Gasteiger partial charge in [-0.05, 0) is 36.8 Å². The summed E-state index contributed by atoms with van der Waals surface area (Å²) in [6, 6.07) is 13.4. The van der Waals surface area contributed by atoms with Gasteiger partial charge in [0.2, 0.25) is 0 Å². The van der Waals surface area contributed by atoms with E-state index in [2.05, 4.69) is 11.1 Å². The number of para-hydroxylation sites is 1. The summed E-state index contributed by atoms with van der Waals surface area (Å²) in [5.74, 6) is 0.908. The highest BCUT2D eigenvalue weighted by Crippen LogP contribution is 2.29. The number of benzene rings is 2. The van der Waals surface area contributed by atoms with Gasteiger partial charge in [0.25, 0.3) is 0 Å². The van der Waals surface area contributed by atoms with Crippen LogP contribution in [0.3, 0.4) is 0 Å². The van der Waals surface area contributed by atoms with E-state index in [4.69, 9.17) is 23.2 Å². The molecule has 0 amide bonds. The lowest BCUT2D eigenvalue weighted by molar-refractivity contribution is 0.980. The number of hydrogen-bond donors (Lipinski definition) is 0. The van der Waals surface area contributed by atoms with Crippen LogP contribution in [0.2, 0.25) is 5.02 Å². The number of nitrogens with zero attached hydrogens (tertiary/aromatic N) is 3. The quantitative estimate of drug-likeness (QED) is 0.648. The Bertz CT molecular complexity index is 875. The third-order valence-corrected chi connectivity index (χ3v) is 3.90. The molecule has 0 bridgehead atoms. The Balaban J connectivity index is 2.42. The number of alkyl halides is 1. The minimum atomic E-state index is 0.240. The van der Waals surface area contributed by atoms with Gasteiger partial charge in [-0.1, -0.05) is 23.7 Å². The summed E-state index contributed by atoms with van der Waals surface area (Å²) < 4.78 is 1.92. The summed E-state index contributed by atoms with van der Waals surface area (Å²) in [5.41, 5.74) is 3.92. The molecule has 3 aromatic rings. The Morgan fingerprint density at radius 3 is 2.81 bits per heavy atom. The zero-order chi connectivity index (χ0) is 15.0. The fourth-order valence-electron chi connectivity index (χ4n) is 2.39. The highest BCUT2D eigenvalue weighted by Gasteiger charge is 2.16. The second-order valence-corrected chi connectivity index (χ2v) is 5.41. The summed E-state index contributed by atoms with van der Waals surface area (Å²) in [5, 5.41) is 9.84. The van der Waals surface area contributed by atoms with Crippen LogP contribution in [0.1, 0.15) is 17.0 Å². The molecule has 0 fully saturated rings. The van der Waals surface area contributed by atoms with Crippen LogP contribution >= 0.6 is 23.2 Å². The number of nitriles is 1. The molecule has 0 spiro atoms. The predicted octanol–water partition coefficient (Wildman–Crippen LogP) is 4.60. The van der Waals surface area contributed by atoms with Crippen molar-refractivity contribution in [3.8, 4) is 11.8 Å². The van der Waals surface area contributed by atoms with Crippen LogP contribution in [0.5, 0.6) is 0 Å². The van der Waals surface area contributed by atoms with Gasteiger partial charge in [-0.15, -0.1) is 11.6 Å². The molecule has 5 heteroatoms. The molecular formula is C16H11Cl2N3. The van der Waals surface area contributed by atoms with Crippen LogP contribution in [0, 0.1) is 18.3 Å². The second kappa shape index (κ2) is 5.40. The first kappa shape index (κ1) is 13.9. The topological polar surface area (TPSA) is 41.6 Å². The lowest BCUT2D eigenvalue weighted by Gasteiger charge is -2.11. The maximum Gasteiger partial charge on any atom is 0.129 e. The van der Waals surface area contributed by atoms with Crippen molar-refractivity contribution in [2.24, 2.45) is 0 Å². The molecule has 0 N–H and O–H groups in total. The molecule has 3 rings (SSSR count). The molecule has 1 heterocycles. The zero-order valence-electron chi connectivity index (χ0n) is 11.3. The van der Waals surface area contributed by atoms with E-state index in [1.807, 2.05) is 41.8 Å². The number of rotatable bonds is 2. The molecule has 104 valence electrons. The number of hydrogen-bond acceptors (Lipinski definition) is 2. The largest absolute Gasteiger partial charge is 0.294 e. The third kappa shape index (κ3) is 2.27. The van der Waals surface area contributed by atoms with Gasteiger partial charge in [-0.2, -0.15) is 5.26 Å². The Kier molecular flexibility index (Phi) is 3.59. The van der Waals surface area contributed by atoms with Gasteiger partial charge >= 0.3 is 0 Å². The van der Waals surface area contributed by atoms with Gasteiger partial charge in [0.05, 0.1) is 27.7 Å². The average molecular weight is 316 g/mol. The molecule has 0 saturated heterocycles. The van der Waals surface area contributed by atoms with Gasteiger partial charge in [-0.3, -0.25) is 4.57 Å². The van der Waals surface area contributed by atoms with Crippen molar-refractivity contribution in [1.82, 2.24) is 9.55 Å². The Hall–Kier alpha value is -2.02. The van der Waals surface area contributed by atoms with E-state index in [0.29, 0.717) is 21.9 Å². The number of aryl methyl sites for hydroxylation is 1. The van der Waals surface area contributed by atoms with Crippen molar-refractivity contribution < 1.29 is 0 Å². The number of aromatic nitrogens is 2. The van der Waals surface area contributed by atoms with Crippen LogP contribution < -0.4 is 0 Å².